The van der Waals surface area contributed by atoms with E-state index in [0.29, 0.717) is 30.1 Å². The Hall–Kier alpha value is -0.830. The van der Waals surface area contributed by atoms with Gasteiger partial charge in [-0.25, -0.2) is 0 Å². The first-order valence-electron chi connectivity index (χ1n) is 20.7. The van der Waals surface area contributed by atoms with Crippen LogP contribution < -0.4 is 0 Å². The molecule has 4 fully saturated rings. The van der Waals surface area contributed by atoms with Crippen LogP contribution in [-0.4, -0.2) is 23.3 Å². The Morgan fingerprint density at radius 1 is 0.787 bits per heavy atom. The molecule has 0 unspecified atom stereocenters. The molecule has 0 bridgehead atoms. The summed E-state index contributed by atoms with van der Waals surface area (Å²) in [5, 5.41) is 12.0. The van der Waals surface area contributed by atoms with Gasteiger partial charge >= 0.3 is 5.97 Å². The molecule has 4 saturated carbocycles. The molecule has 270 valence electrons. The third-order valence-electron chi connectivity index (χ3n) is 16.7. The van der Waals surface area contributed by atoms with E-state index in [2.05, 4.69) is 68.4 Å². The topological polar surface area (TPSA) is 46.5 Å². The van der Waals surface area contributed by atoms with E-state index >= 15 is 0 Å². The van der Waals surface area contributed by atoms with Crippen LogP contribution >= 0.6 is 0 Å². The van der Waals surface area contributed by atoms with Gasteiger partial charge < -0.3 is 9.84 Å². The molecule has 5 rings (SSSR count). The number of esters is 1. The van der Waals surface area contributed by atoms with Crippen molar-refractivity contribution in [3.8, 4) is 0 Å². The summed E-state index contributed by atoms with van der Waals surface area (Å²) in [4.78, 5) is 13.1. The molecule has 11 atom stereocenters. The average molecular weight is 653 g/mol. The van der Waals surface area contributed by atoms with Crippen LogP contribution in [0, 0.1) is 56.7 Å². The summed E-state index contributed by atoms with van der Waals surface area (Å²) >= 11 is 0. The van der Waals surface area contributed by atoms with E-state index in [1.54, 1.807) is 5.57 Å². The van der Waals surface area contributed by atoms with Crippen molar-refractivity contribution in [1.82, 2.24) is 0 Å². The van der Waals surface area contributed by atoms with E-state index in [4.69, 9.17) is 4.74 Å². The predicted molar refractivity (Wildman–Crippen MR) is 197 cm³/mol. The first-order valence-corrected chi connectivity index (χ1v) is 20.7. The molecule has 0 aromatic heterocycles. The molecule has 1 N–H and O–H groups in total. The van der Waals surface area contributed by atoms with Gasteiger partial charge in [-0.05, 0) is 104 Å². The lowest BCUT2D eigenvalue weighted by Gasteiger charge is -2.72. The molecule has 0 aliphatic heterocycles. The fourth-order valence-electron chi connectivity index (χ4n) is 13.2. The number of hydrogen-bond acceptors (Lipinski definition) is 3. The number of aliphatic hydroxyl groups is 1. The number of unbranched alkanes of at least 4 members (excludes halogenated alkanes) is 10. The summed E-state index contributed by atoms with van der Waals surface area (Å²) in [6.07, 6.45) is 26.5. The van der Waals surface area contributed by atoms with Crippen molar-refractivity contribution in [2.75, 3.05) is 0 Å². The molecule has 0 aromatic rings. The second kappa shape index (κ2) is 14.4. The molecular weight excluding hydrogens is 576 g/mol. The number of fused-ring (bicyclic) bond motifs is 7. The van der Waals surface area contributed by atoms with Crippen LogP contribution in [0.2, 0.25) is 0 Å². The quantitative estimate of drug-likeness (QED) is 0.122. The zero-order valence-electron chi connectivity index (χ0n) is 32.5. The number of allylic oxidation sites excluding steroid dienone is 2. The Kier molecular flexibility index (Phi) is 11.5. The Balaban J connectivity index is 1.20. The maximum atomic E-state index is 13.1. The van der Waals surface area contributed by atoms with E-state index in [0.717, 1.165) is 44.4 Å². The van der Waals surface area contributed by atoms with Gasteiger partial charge in [-0.1, -0.05) is 138 Å². The van der Waals surface area contributed by atoms with Crippen LogP contribution in [0.5, 0.6) is 0 Å². The molecule has 0 spiro atoms. The Morgan fingerprint density at radius 2 is 1.38 bits per heavy atom. The molecule has 5 aliphatic rings. The normalized spacial score (nSPS) is 44.0. The SMILES string of the molecule is CCCCCCCCCCCCCC(=O)O[C@H]1CC[C@]2(C)[C@H]3CC=C4[C@@H]5[C@@H](C)[C@H](C)CC[C@]5(C)[C@@H](O)C[C@@]4(C)[C@]3(C)CC[C@H]2C1(C)C. The third kappa shape index (κ3) is 6.57. The monoisotopic (exact) mass is 653 g/mol. The summed E-state index contributed by atoms with van der Waals surface area (Å²) in [5.74, 6) is 3.02. The lowest BCUT2D eigenvalue weighted by Crippen LogP contribution is -2.66. The Labute approximate surface area is 291 Å². The number of hydrogen-bond donors (Lipinski definition) is 1. The molecular formula is C44H76O3. The maximum absolute atomic E-state index is 13.1. The van der Waals surface area contributed by atoms with E-state index in [1.165, 1.54) is 83.5 Å². The summed E-state index contributed by atoms with van der Waals surface area (Å²) in [6, 6.07) is 0. The van der Waals surface area contributed by atoms with E-state index in [1.807, 2.05) is 0 Å². The van der Waals surface area contributed by atoms with Gasteiger partial charge in [0.15, 0.2) is 0 Å². The van der Waals surface area contributed by atoms with E-state index < -0.39 is 0 Å². The van der Waals surface area contributed by atoms with Crippen molar-refractivity contribution in [1.29, 1.82) is 0 Å². The van der Waals surface area contributed by atoms with Crippen molar-refractivity contribution >= 4 is 5.97 Å². The van der Waals surface area contributed by atoms with Crippen molar-refractivity contribution in [3.05, 3.63) is 11.6 Å². The second-order valence-electron chi connectivity index (χ2n) is 19.5. The van der Waals surface area contributed by atoms with Gasteiger partial charge in [-0.2, -0.15) is 0 Å². The molecule has 0 amide bonds. The fraction of sp³-hybridized carbons (Fsp3) is 0.932. The third-order valence-corrected chi connectivity index (χ3v) is 16.7. The predicted octanol–water partition coefficient (Wildman–Crippen LogP) is 12.2. The maximum Gasteiger partial charge on any atom is 0.306 e. The summed E-state index contributed by atoms with van der Waals surface area (Å²) in [7, 11) is 0. The standard InChI is InChI=1S/C44H76O3/c1-10-11-12-13-14-15-16-17-18-19-20-21-38(46)47-37-26-28-41(6)34(40(37,4)5)25-29-43(8)35(41)23-22-33-39-32(3)31(2)24-27-42(39,7)36(45)30-44(33,43)9/h22,31-32,34-37,39,45H,10-21,23-30H2,1-9H3/t31-,32+,34+,35-,36+,37+,39+,41+,42-,43-,44-/m1/s1. The van der Waals surface area contributed by atoms with Crippen LogP contribution in [-0.2, 0) is 9.53 Å². The smallest absolute Gasteiger partial charge is 0.306 e. The molecule has 0 radical (unpaired) electrons. The van der Waals surface area contributed by atoms with Crippen LogP contribution in [0.15, 0.2) is 11.6 Å². The molecule has 3 nitrogen and oxygen atoms in total. The minimum atomic E-state index is -0.224. The van der Waals surface area contributed by atoms with Gasteiger partial charge in [0.05, 0.1) is 6.10 Å². The number of rotatable bonds is 13. The number of carbonyl (C=O) groups is 1. The number of aliphatic hydroxyl groups excluding tert-OH is 1. The lowest BCUT2D eigenvalue weighted by molar-refractivity contribution is -0.221. The largest absolute Gasteiger partial charge is 0.462 e. The van der Waals surface area contributed by atoms with Gasteiger partial charge in [0.25, 0.3) is 0 Å². The number of carbonyl (C=O) groups excluding carboxylic acids is 1. The van der Waals surface area contributed by atoms with Crippen molar-refractivity contribution in [2.24, 2.45) is 56.7 Å². The lowest BCUT2D eigenvalue weighted by atomic mass is 9.33. The average Bonchev–Trinajstić information content (AvgIpc) is 3.00. The minimum absolute atomic E-state index is 0.0129. The van der Waals surface area contributed by atoms with Crippen LogP contribution in [0.1, 0.15) is 191 Å². The highest BCUT2D eigenvalue weighted by Gasteiger charge is 2.69. The molecule has 5 aliphatic carbocycles. The Morgan fingerprint density at radius 3 is 2.02 bits per heavy atom. The summed E-state index contributed by atoms with van der Waals surface area (Å²) < 4.78 is 6.38. The van der Waals surface area contributed by atoms with Gasteiger partial charge in [0.1, 0.15) is 6.10 Å². The highest BCUT2D eigenvalue weighted by atomic mass is 16.5. The zero-order chi connectivity index (χ0) is 34.3. The Bertz CT molecular complexity index is 1110. The number of ether oxygens (including phenoxy) is 1. The van der Waals surface area contributed by atoms with Crippen LogP contribution in [0.25, 0.3) is 0 Å². The highest BCUT2D eigenvalue weighted by molar-refractivity contribution is 5.69. The van der Waals surface area contributed by atoms with Gasteiger partial charge in [-0.15, -0.1) is 0 Å². The minimum Gasteiger partial charge on any atom is -0.462 e. The van der Waals surface area contributed by atoms with Gasteiger partial charge in [-0.3, -0.25) is 4.79 Å². The summed E-state index contributed by atoms with van der Waals surface area (Å²) in [5.41, 5.74) is 2.15. The molecule has 47 heavy (non-hydrogen) atoms. The van der Waals surface area contributed by atoms with Gasteiger partial charge in [0.2, 0.25) is 0 Å². The van der Waals surface area contributed by atoms with E-state index in [-0.39, 0.29) is 45.3 Å². The molecule has 0 aromatic carbocycles. The molecule has 0 saturated heterocycles. The van der Waals surface area contributed by atoms with Crippen molar-refractivity contribution in [2.45, 2.75) is 203 Å². The fourth-order valence-corrected chi connectivity index (χ4v) is 13.2. The molecule has 3 heteroatoms. The van der Waals surface area contributed by atoms with Crippen LogP contribution in [0.4, 0.5) is 0 Å². The first kappa shape index (κ1) is 37.4. The summed E-state index contributed by atoms with van der Waals surface area (Å²) in [6.45, 7) is 22.3. The first-order chi connectivity index (χ1) is 22.2. The second-order valence-corrected chi connectivity index (χ2v) is 19.5. The zero-order valence-corrected chi connectivity index (χ0v) is 32.5. The van der Waals surface area contributed by atoms with Crippen LogP contribution in [0.3, 0.4) is 0 Å². The van der Waals surface area contributed by atoms with Crippen molar-refractivity contribution in [3.63, 3.8) is 0 Å². The van der Waals surface area contributed by atoms with E-state index in [9.17, 15) is 9.90 Å². The highest BCUT2D eigenvalue weighted by Crippen LogP contribution is 2.75. The molecule has 0 heterocycles. The van der Waals surface area contributed by atoms with Crippen molar-refractivity contribution < 1.29 is 14.6 Å². The van der Waals surface area contributed by atoms with Gasteiger partial charge in [0, 0.05) is 17.3 Å².